The fourth-order valence-electron chi connectivity index (χ4n) is 3.30. The van der Waals surface area contributed by atoms with Crippen LogP contribution in [0.4, 0.5) is 10.5 Å². The molecule has 174 valence electrons. The van der Waals surface area contributed by atoms with Crippen molar-refractivity contribution in [3.63, 3.8) is 0 Å². The number of nitrogens with one attached hydrogen (secondary N) is 1. The summed E-state index contributed by atoms with van der Waals surface area (Å²) in [5, 5.41) is 4.03. The quantitative estimate of drug-likeness (QED) is 0.249. The van der Waals surface area contributed by atoms with Gasteiger partial charge in [0.2, 0.25) is 0 Å². The van der Waals surface area contributed by atoms with Crippen molar-refractivity contribution in [1.82, 2.24) is 5.32 Å². The van der Waals surface area contributed by atoms with Crippen LogP contribution in [0.15, 0.2) is 64.8 Å². The molecule has 3 amide bonds. The van der Waals surface area contributed by atoms with Gasteiger partial charge in [-0.3, -0.25) is 4.79 Å². The summed E-state index contributed by atoms with van der Waals surface area (Å²) in [4.78, 5) is 26.4. The summed E-state index contributed by atoms with van der Waals surface area (Å²) in [6, 6.07) is 14.5. The summed E-state index contributed by atoms with van der Waals surface area (Å²) in [6.07, 6.45) is 1.55. The molecule has 1 heterocycles. The van der Waals surface area contributed by atoms with Gasteiger partial charge in [-0.25, -0.2) is 9.69 Å². The molecule has 1 saturated heterocycles. The standard InChI is InChI=1S/C24H16BrCl3N2O4/c1-33-21-9-13(7-18(25)22(21)34-12-14-5-6-16(27)11-19(14)28)8-20-23(31)30(24(32)29-20)17-4-2-3-15(26)10-17/h2-11H,12H2,1H3,(H,29,32)/b20-8+. The van der Waals surface area contributed by atoms with Crippen LogP contribution in [0.5, 0.6) is 11.5 Å². The molecule has 0 saturated carbocycles. The molecule has 0 unspecified atom stereocenters. The molecule has 0 radical (unpaired) electrons. The Bertz CT molecular complexity index is 1330. The van der Waals surface area contributed by atoms with Gasteiger partial charge < -0.3 is 14.8 Å². The van der Waals surface area contributed by atoms with Crippen LogP contribution in [0, 0.1) is 0 Å². The van der Waals surface area contributed by atoms with Gasteiger partial charge >= 0.3 is 6.03 Å². The zero-order chi connectivity index (χ0) is 24.4. The Balaban J connectivity index is 1.59. The average Bonchev–Trinajstić information content (AvgIpc) is 3.06. The lowest BCUT2D eigenvalue weighted by atomic mass is 10.1. The number of benzene rings is 3. The van der Waals surface area contributed by atoms with Crippen LogP contribution in [-0.2, 0) is 11.4 Å². The molecular formula is C24H16BrCl3N2O4. The number of hydrogen-bond acceptors (Lipinski definition) is 4. The Hall–Kier alpha value is -2.71. The van der Waals surface area contributed by atoms with Crippen molar-refractivity contribution in [3.05, 3.63) is 91.0 Å². The smallest absolute Gasteiger partial charge is 0.333 e. The largest absolute Gasteiger partial charge is 0.493 e. The zero-order valence-electron chi connectivity index (χ0n) is 17.6. The first-order chi connectivity index (χ1) is 16.3. The van der Waals surface area contributed by atoms with Gasteiger partial charge in [-0.05, 0) is 70.0 Å². The fourth-order valence-corrected chi connectivity index (χ4v) is 4.53. The number of nitrogens with zero attached hydrogens (tertiary/aromatic N) is 1. The minimum atomic E-state index is -0.565. The normalized spacial score (nSPS) is 14.5. The number of carbonyl (C=O) groups is 2. The number of imide groups is 1. The van der Waals surface area contributed by atoms with Gasteiger partial charge in [-0.15, -0.1) is 0 Å². The second kappa shape index (κ2) is 10.3. The first-order valence-corrected chi connectivity index (χ1v) is 11.8. The van der Waals surface area contributed by atoms with Crippen LogP contribution in [0.2, 0.25) is 15.1 Å². The molecule has 34 heavy (non-hydrogen) atoms. The molecule has 1 N–H and O–H groups in total. The van der Waals surface area contributed by atoms with Crippen molar-refractivity contribution in [2.45, 2.75) is 6.61 Å². The van der Waals surface area contributed by atoms with E-state index >= 15 is 0 Å². The number of halogens is 4. The Morgan fingerprint density at radius 3 is 2.50 bits per heavy atom. The highest BCUT2D eigenvalue weighted by Gasteiger charge is 2.35. The van der Waals surface area contributed by atoms with Crippen LogP contribution < -0.4 is 19.7 Å². The van der Waals surface area contributed by atoms with Crippen LogP contribution in [-0.4, -0.2) is 19.0 Å². The van der Waals surface area contributed by atoms with Crippen molar-refractivity contribution in [2.24, 2.45) is 0 Å². The molecule has 1 fully saturated rings. The summed E-state index contributed by atoms with van der Waals surface area (Å²) < 4.78 is 12.0. The van der Waals surface area contributed by atoms with Crippen LogP contribution >= 0.6 is 50.7 Å². The minimum Gasteiger partial charge on any atom is -0.493 e. The van der Waals surface area contributed by atoms with E-state index in [2.05, 4.69) is 21.2 Å². The maximum atomic E-state index is 12.9. The predicted octanol–water partition coefficient (Wildman–Crippen LogP) is 7.09. The summed E-state index contributed by atoms with van der Waals surface area (Å²) >= 11 is 21.7. The number of urea groups is 1. The topological polar surface area (TPSA) is 67.9 Å². The Kier molecular flexibility index (Phi) is 7.38. The molecule has 3 aromatic carbocycles. The number of anilines is 1. The molecule has 1 aliphatic heterocycles. The molecule has 0 bridgehead atoms. The Morgan fingerprint density at radius 2 is 1.79 bits per heavy atom. The van der Waals surface area contributed by atoms with E-state index in [1.807, 2.05) is 0 Å². The zero-order valence-corrected chi connectivity index (χ0v) is 21.4. The van der Waals surface area contributed by atoms with E-state index < -0.39 is 11.9 Å². The van der Waals surface area contributed by atoms with Crippen LogP contribution in [0.1, 0.15) is 11.1 Å². The van der Waals surface area contributed by atoms with Gasteiger partial charge in [0.05, 0.1) is 17.3 Å². The van der Waals surface area contributed by atoms with Gasteiger partial charge in [-0.1, -0.05) is 46.9 Å². The lowest BCUT2D eigenvalue weighted by Gasteiger charge is -2.14. The lowest BCUT2D eigenvalue weighted by Crippen LogP contribution is -2.30. The second-order valence-electron chi connectivity index (χ2n) is 7.17. The molecule has 0 aliphatic carbocycles. The fraction of sp³-hybridized carbons (Fsp3) is 0.0833. The average molecular weight is 583 g/mol. The molecule has 1 aliphatic rings. The third kappa shape index (κ3) is 5.18. The third-order valence-electron chi connectivity index (χ3n) is 4.89. The molecule has 6 nitrogen and oxygen atoms in total. The summed E-state index contributed by atoms with van der Waals surface area (Å²) in [5.41, 5.74) is 1.85. The van der Waals surface area contributed by atoms with E-state index in [9.17, 15) is 9.59 Å². The van der Waals surface area contributed by atoms with Crippen LogP contribution in [0.3, 0.4) is 0 Å². The van der Waals surface area contributed by atoms with Crippen molar-refractivity contribution < 1.29 is 19.1 Å². The Morgan fingerprint density at radius 1 is 1.03 bits per heavy atom. The first-order valence-electron chi connectivity index (χ1n) is 9.84. The Labute approximate surface area is 219 Å². The van der Waals surface area contributed by atoms with Crippen molar-refractivity contribution in [1.29, 1.82) is 0 Å². The number of carbonyl (C=O) groups excluding carboxylic acids is 2. The maximum Gasteiger partial charge on any atom is 0.333 e. The second-order valence-corrected chi connectivity index (χ2v) is 9.30. The highest BCUT2D eigenvalue weighted by molar-refractivity contribution is 9.10. The molecular weight excluding hydrogens is 567 g/mol. The minimum absolute atomic E-state index is 0.112. The van der Waals surface area contributed by atoms with Gasteiger partial charge in [0.15, 0.2) is 11.5 Å². The number of methoxy groups -OCH3 is 1. The summed E-state index contributed by atoms with van der Waals surface area (Å²) in [5.74, 6) is 0.382. The highest BCUT2D eigenvalue weighted by atomic mass is 79.9. The monoisotopic (exact) mass is 580 g/mol. The van der Waals surface area contributed by atoms with Gasteiger partial charge in [0.1, 0.15) is 12.3 Å². The first kappa shape index (κ1) is 24.4. The summed E-state index contributed by atoms with van der Waals surface area (Å²) in [6.45, 7) is 0.189. The number of rotatable bonds is 6. The molecule has 4 rings (SSSR count). The van der Waals surface area contributed by atoms with Crippen molar-refractivity contribution in [2.75, 3.05) is 12.0 Å². The SMILES string of the molecule is COc1cc(/C=C2/NC(=O)N(c3cccc(Cl)c3)C2=O)cc(Br)c1OCc1ccc(Cl)cc1Cl. The lowest BCUT2D eigenvalue weighted by molar-refractivity contribution is -0.113. The van der Waals surface area contributed by atoms with Crippen LogP contribution in [0.25, 0.3) is 6.08 Å². The number of ether oxygens (including phenoxy) is 2. The van der Waals surface area contributed by atoms with Gasteiger partial charge in [-0.2, -0.15) is 0 Å². The van der Waals surface area contributed by atoms with E-state index in [4.69, 9.17) is 44.3 Å². The molecule has 10 heteroatoms. The van der Waals surface area contributed by atoms with Gasteiger partial charge in [0, 0.05) is 20.6 Å². The number of amides is 3. The molecule has 3 aromatic rings. The highest BCUT2D eigenvalue weighted by Crippen LogP contribution is 2.38. The third-order valence-corrected chi connectivity index (χ3v) is 6.31. The van der Waals surface area contributed by atoms with Gasteiger partial charge in [0.25, 0.3) is 5.91 Å². The molecule has 0 spiro atoms. The van der Waals surface area contributed by atoms with Crippen molar-refractivity contribution >= 4 is 74.4 Å². The summed E-state index contributed by atoms with van der Waals surface area (Å²) in [7, 11) is 1.50. The van der Waals surface area contributed by atoms with E-state index in [0.717, 1.165) is 10.5 Å². The van der Waals surface area contributed by atoms with E-state index in [1.165, 1.54) is 7.11 Å². The van der Waals surface area contributed by atoms with E-state index in [1.54, 1.807) is 60.7 Å². The molecule has 0 aromatic heterocycles. The van der Waals surface area contributed by atoms with Crippen molar-refractivity contribution in [3.8, 4) is 11.5 Å². The maximum absolute atomic E-state index is 12.9. The molecule has 0 atom stereocenters. The number of hydrogen-bond donors (Lipinski definition) is 1. The predicted molar refractivity (Wildman–Crippen MR) is 137 cm³/mol. The van der Waals surface area contributed by atoms with E-state index in [0.29, 0.717) is 42.3 Å². The van der Waals surface area contributed by atoms with E-state index in [-0.39, 0.29) is 12.3 Å².